The Kier molecular flexibility index (Phi) is 5.68. The van der Waals surface area contributed by atoms with Crippen LogP contribution in [0.4, 0.5) is 0 Å². The maximum atomic E-state index is 10.2. The molecule has 0 bridgehead atoms. The van der Waals surface area contributed by atoms with Gasteiger partial charge < -0.3 is 20.6 Å². The number of hydrogen-bond donors (Lipinski definition) is 4. The number of aliphatic carboxylic acids is 1. The Labute approximate surface area is 83.8 Å². The molecule has 0 spiro atoms. The molecule has 0 aromatic carbocycles. The zero-order chi connectivity index (χ0) is 11.2. The molecule has 0 heterocycles. The third-order valence-corrected chi connectivity index (χ3v) is 1.82. The highest BCUT2D eigenvalue weighted by molar-refractivity contribution is 5.67. The number of nitrogens with one attached hydrogen (secondary N) is 1. The standard InChI is InChI=1S/C9H19NO4/c1-9(2,6-11)5-10-4-7(12)3-8(13)14/h7,10-12H,3-6H2,1-2H3,(H,13,14). The van der Waals surface area contributed by atoms with E-state index in [1.54, 1.807) is 0 Å². The lowest BCUT2D eigenvalue weighted by atomic mass is 9.95. The minimum Gasteiger partial charge on any atom is -0.481 e. The first-order valence-electron chi connectivity index (χ1n) is 4.59. The molecule has 0 aliphatic carbocycles. The highest BCUT2D eigenvalue weighted by Crippen LogP contribution is 2.10. The molecule has 0 saturated heterocycles. The Morgan fingerprint density at radius 2 is 2.07 bits per heavy atom. The fourth-order valence-corrected chi connectivity index (χ4v) is 0.907. The van der Waals surface area contributed by atoms with Crippen molar-refractivity contribution < 1.29 is 20.1 Å². The van der Waals surface area contributed by atoms with Gasteiger partial charge in [0.2, 0.25) is 0 Å². The number of hydrogen-bond acceptors (Lipinski definition) is 4. The molecule has 0 amide bonds. The highest BCUT2D eigenvalue weighted by atomic mass is 16.4. The molecule has 5 nitrogen and oxygen atoms in total. The van der Waals surface area contributed by atoms with E-state index in [-0.39, 0.29) is 25.0 Å². The molecule has 0 aliphatic rings. The molecule has 1 atom stereocenters. The van der Waals surface area contributed by atoms with Gasteiger partial charge in [0.1, 0.15) is 0 Å². The Hall–Kier alpha value is -0.650. The van der Waals surface area contributed by atoms with Gasteiger partial charge in [-0.05, 0) is 0 Å². The van der Waals surface area contributed by atoms with Crippen molar-refractivity contribution in [2.24, 2.45) is 5.41 Å². The highest BCUT2D eigenvalue weighted by Gasteiger charge is 2.16. The van der Waals surface area contributed by atoms with Crippen molar-refractivity contribution in [1.82, 2.24) is 5.32 Å². The first-order chi connectivity index (χ1) is 6.37. The zero-order valence-corrected chi connectivity index (χ0v) is 8.66. The number of aliphatic hydroxyl groups excluding tert-OH is 2. The summed E-state index contributed by atoms with van der Waals surface area (Å²) in [6.07, 6.45) is -1.13. The lowest BCUT2D eigenvalue weighted by Crippen LogP contribution is -2.37. The summed E-state index contributed by atoms with van der Waals surface area (Å²) in [4.78, 5) is 10.2. The molecule has 0 radical (unpaired) electrons. The van der Waals surface area contributed by atoms with Crippen LogP contribution in [0.1, 0.15) is 20.3 Å². The van der Waals surface area contributed by atoms with Gasteiger partial charge in [-0.25, -0.2) is 0 Å². The van der Waals surface area contributed by atoms with Crippen LogP contribution < -0.4 is 5.32 Å². The van der Waals surface area contributed by atoms with E-state index in [9.17, 15) is 9.90 Å². The maximum Gasteiger partial charge on any atom is 0.306 e. The molecule has 4 N–H and O–H groups in total. The van der Waals surface area contributed by atoms with Crippen LogP contribution in [0.5, 0.6) is 0 Å². The quantitative estimate of drug-likeness (QED) is 0.447. The van der Waals surface area contributed by atoms with Crippen LogP contribution in [0.3, 0.4) is 0 Å². The van der Waals surface area contributed by atoms with Crippen molar-refractivity contribution >= 4 is 5.97 Å². The summed E-state index contributed by atoms with van der Waals surface area (Å²) in [5.41, 5.74) is -0.247. The smallest absolute Gasteiger partial charge is 0.306 e. The van der Waals surface area contributed by atoms with Crippen molar-refractivity contribution in [3.63, 3.8) is 0 Å². The van der Waals surface area contributed by atoms with E-state index >= 15 is 0 Å². The summed E-state index contributed by atoms with van der Waals surface area (Å²) < 4.78 is 0. The summed E-state index contributed by atoms with van der Waals surface area (Å²) in [7, 11) is 0. The normalized spacial score (nSPS) is 14.0. The molecule has 84 valence electrons. The summed E-state index contributed by atoms with van der Waals surface area (Å²) in [5.74, 6) is -1.01. The molecular formula is C9H19NO4. The van der Waals surface area contributed by atoms with Crippen LogP contribution in [-0.2, 0) is 4.79 Å². The van der Waals surface area contributed by atoms with E-state index in [1.807, 2.05) is 13.8 Å². The van der Waals surface area contributed by atoms with E-state index in [1.165, 1.54) is 0 Å². The minimum absolute atomic E-state index is 0.0506. The molecule has 0 aromatic rings. The lowest BCUT2D eigenvalue weighted by molar-refractivity contribution is -0.139. The van der Waals surface area contributed by atoms with Crippen molar-refractivity contribution in [3.05, 3.63) is 0 Å². The molecule has 0 saturated carbocycles. The average molecular weight is 205 g/mol. The fourth-order valence-electron chi connectivity index (χ4n) is 0.907. The van der Waals surface area contributed by atoms with Crippen LogP contribution in [0.15, 0.2) is 0 Å². The first kappa shape index (κ1) is 13.4. The van der Waals surface area contributed by atoms with Gasteiger partial charge in [0, 0.05) is 25.1 Å². The third-order valence-electron chi connectivity index (χ3n) is 1.82. The Morgan fingerprint density at radius 3 is 2.50 bits per heavy atom. The maximum absolute atomic E-state index is 10.2. The second-order valence-electron chi connectivity index (χ2n) is 4.20. The van der Waals surface area contributed by atoms with Gasteiger partial charge in [-0.3, -0.25) is 4.79 Å². The molecule has 14 heavy (non-hydrogen) atoms. The minimum atomic E-state index is -1.01. The predicted molar refractivity (Wildman–Crippen MR) is 52.0 cm³/mol. The summed E-state index contributed by atoms with van der Waals surface area (Å²) in [6, 6.07) is 0. The fraction of sp³-hybridized carbons (Fsp3) is 0.889. The van der Waals surface area contributed by atoms with Crippen LogP contribution in [0.2, 0.25) is 0 Å². The molecule has 0 fully saturated rings. The summed E-state index contributed by atoms with van der Waals surface area (Å²) in [5, 5.41) is 29.4. The number of aliphatic hydroxyl groups is 2. The van der Waals surface area contributed by atoms with Crippen molar-refractivity contribution in [3.8, 4) is 0 Å². The molecule has 0 rings (SSSR count). The third kappa shape index (κ3) is 6.82. The molecule has 0 aliphatic heterocycles. The molecule has 1 unspecified atom stereocenters. The van der Waals surface area contributed by atoms with Crippen LogP contribution >= 0.6 is 0 Å². The van der Waals surface area contributed by atoms with Crippen molar-refractivity contribution in [1.29, 1.82) is 0 Å². The topological polar surface area (TPSA) is 89.8 Å². The zero-order valence-electron chi connectivity index (χ0n) is 8.66. The number of rotatable bonds is 7. The largest absolute Gasteiger partial charge is 0.481 e. The Bertz CT molecular complexity index is 182. The van der Waals surface area contributed by atoms with Gasteiger partial charge in [-0.15, -0.1) is 0 Å². The lowest BCUT2D eigenvalue weighted by Gasteiger charge is -2.22. The van der Waals surface area contributed by atoms with Gasteiger partial charge in [0.05, 0.1) is 12.5 Å². The molecule has 5 heteroatoms. The van der Waals surface area contributed by atoms with Gasteiger partial charge in [-0.1, -0.05) is 13.8 Å². The van der Waals surface area contributed by atoms with E-state index in [0.29, 0.717) is 6.54 Å². The van der Waals surface area contributed by atoms with Crippen LogP contribution in [-0.4, -0.2) is 47.1 Å². The molecule has 0 aromatic heterocycles. The van der Waals surface area contributed by atoms with E-state index in [4.69, 9.17) is 10.2 Å². The van der Waals surface area contributed by atoms with E-state index < -0.39 is 12.1 Å². The Morgan fingerprint density at radius 1 is 1.50 bits per heavy atom. The number of carboxylic acid groups (broad SMARTS) is 1. The van der Waals surface area contributed by atoms with Gasteiger partial charge in [0.25, 0.3) is 0 Å². The van der Waals surface area contributed by atoms with Crippen LogP contribution in [0.25, 0.3) is 0 Å². The van der Waals surface area contributed by atoms with Crippen LogP contribution in [0, 0.1) is 5.41 Å². The first-order valence-corrected chi connectivity index (χ1v) is 4.59. The van der Waals surface area contributed by atoms with E-state index in [2.05, 4.69) is 5.32 Å². The SMILES string of the molecule is CC(C)(CO)CNCC(O)CC(=O)O. The Balaban J connectivity index is 3.58. The van der Waals surface area contributed by atoms with Gasteiger partial charge >= 0.3 is 5.97 Å². The summed E-state index contributed by atoms with van der Waals surface area (Å²) in [6.45, 7) is 4.58. The average Bonchev–Trinajstić information content (AvgIpc) is 2.02. The number of carbonyl (C=O) groups is 1. The predicted octanol–water partition coefficient (Wildman–Crippen LogP) is -0.570. The molecular weight excluding hydrogens is 186 g/mol. The van der Waals surface area contributed by atoms with Crippen molar-refractivity contribution in [2.75, 3.05) is 19.7 Å². The summed E-state index contributed by atoms with van der Waals surface area (Å²) >= 11 is 0. The van der Waals surface area contributed by atoms with E-state index in [0.717, 1.165) is 0 Å². The monoisotopic (exact) mass is 205 g/mol. The second kappa shape index (κ2) is 5.95. The van der Waals surface area contributed by atoms with Crippen molar-refractivity contribution in [2.45, 2.75) is 26.4 Å². The number of carboxylic acids is 1. The van der Waals surface area contributed by atoms with Gasteiger partial charge in [0.15, 0.2) is 0 Å². The second-order valence-corrected chi connectivity index (χ2v) is 4.20. The van der Waals surface area contributed by atoms with Gasteiger partial charge in [-0.2, -0.15) is 0 Å².